The van der Waals surface area contributed by atoms with Gasteiger partial charge >= 0.3 is 0 Å². The minimum Gasteiger partial charge on any atom is -0.489 e. The number of nitrogens with one attached hydrogen (secondary N) is 1. The van der Waals surface area contributed by atoms with E-state index < -0.39 is 6.10 Å². The van der Waals surface area contributed by atoms with Crippen molar-refractivity contribution in [1.82, 2.24) is 5.32 Å². The summed E-state index contributed by atoms with van der Waals surface area (Å²) in [6.07, 6.45) is -0.632. The molecule has 1 amide bonds. The van der Waals surface area contributed by atoms with Crippen molar-refractivity contribution < 1.29 is 14.3 Å². The fourth-order valence-electron chi connectivity index (χ4n) is 2.13. The molecular formula is C18H22N2O3. The zero-order chi connectivity index (χ0) is 16.5. The van der Waals surface area contributed by atoms with Crippen LogP contribution in [0.3, 0.4) is 0 Å². The van der Waals surface area contributed by atoms with Crippen molar-refractivity contribution in [2.45, 2.75) is 19.3 Å². The van der Waals surface area contributed by atoms with Gasteiger partial charge in [0.05, 0.1) is 0 Å². The SMILES string of the molecule is COC(CN)C(=O)NCc1ccccc1OCc1ccccc1. The van der Waals surface area contributed by atoms with Gasteiger partial charge in [-0.2, -0.15) is 0 Å². The Morgan fingerprint density at radius 3 is 2.52 bits per heavy atom. The summed E-state index contributed by atoms with van der Waals surface area (Å²) in [6.45, 7) is 0.993. The molecule has 5 nitrogen and oxygen atoms in total. The molecule has 122 valence electrons. The second kappa shape index (κ2) is 8.92. The van der Waals surface area contributed by atoms with Crippen molar-refractivity contribution in [2.24, 2.45) is 5.73 Å². The lowest BCUT2D eigenvalue weighted by molar-refractivity contribution is -0.130. The van der Waals surface area contributed by atoms with E-state index >= 15 is 0 Å². The van der Waals surface area contributed by atoms with Crippen molar-refractivity contribution in [3.05, 3.63) is 65.7 Å². The highest BCUT2D eigenvalue weighted by molar-refractivity contribution is 5.81. The van der Waals surface area contributed by atoms with Crippen LogP contribution < -0.4 is 15.8 Å². The molecule has 23 heavy (non-hydrogen) atoms. The molecule has 1 atom stereocenters. The van der Waals surface area contributed by atoms with Gasteiger partial charge in [0.1, 0.15) is 18.5 Å². The summed E-state index contributed by atoms with van der Waals surface area (Å²) in [5, 5.41) is 2.82. The zero-order valence-corrected chi connectivity index (χ0v) is 13.2. The average Bonchev–Trinajstić information content (AvgIpc) is 2.61. The number of amides is 1. The molecule has 0 bridgehead atoms. The monoisotopic (exact) mass is 314 g/mol. The molecule has 0 saturated heterocycles. The van der Waals surface area contributed by atoms with Crippen molar-refractivity contribution in [2.75, 3.05) is 13.7 Å². The highest BCUT2D eigenvalue weighted by Crippen LogP contribution is 2.19. The highest BCUT2D eigenvalue weighted by Gasteiger charge is 2.15. The lowest BCUT2D eigenvalue weighted by Crippen LogP contribution is -2.40. The highest BCUT2D eigenvalue weighted by atomic mass is 16.5. The van der Waals surface area contributed by atoms with E-state index in [-0.39, 0.29) is 12.5 Å². The van der Waals surface area contributed by atoms with Crippen molar-refractivity contribution in [3.8, 4) is 5.75 Å². The predicted molar refractivity (Wildman–Crippen MR) is 88.9 cm³/mol. The number of hydrogen-bond acceptors (Lipinski definition) is 4. The molecule has 1 unspecified atom stereocenters. The Hall–Kier alpha value is -2.37. The number of para-hydroxylation sites is 1. The Morgan fingerprint density at radius 1 is 1.13 bits per heavy atom. The lowest BCUT2D eigenvalue weighted by atomic mass is 10.2. The van der Waals surface area contributed by atoms with Crippen LogP contribution in [-0.4, -0.2) is 25.7 Å². The number of nitrogens with two attached hydrogens (primary N) is 1. The second-order valence-corrected chi connectivity index (χ2v) is 5.06. The molecule has 2 rings (SSSR count). The van der Waals surface area contributed by atoms with E-state index in [1.165, 1.54) is 7.11 Å². The second-order valence-electron chi connectivity index (χ2n) is 5.06. The van der Waals surface area contributed by atoms with Crippen LogP contribution in [0.2, 0.25) is 0 Å². The maximum Gasteiger partial charge on any atom is 0.250 e. The maximum absolute atomic E-state index is 11.9. The molecule has 0 radical (unpaired) electrons. The summed E-state index contributed by atoms with van der Waals surface area (Å²) in [6, 6.07) is 17.6. The van der Waals surface area contributed by atoms with Crippen LogP contribution in [0.4, 0.5) is 0 Å². The minimum atomic E-state index is -0.632. The summed E-state index contributed by atoms with van der Waals surface area (Å²) in [4.78, 5) is 11.9. The molecule has 0 fully saturated rings. The van der Waals surface area contributed by atoms with Crippen molar-refractivity contribution >= 4 is 5.91 Å². The van der Waals surface area contributed by atoms with E-state index in [2.05, 4.69) is 5.32 Å². The lowest BCUT2D eigenvalue weighted by Gasteiger charge is -2.15. The Morgan fingerprint density at radius 2 is 1.83 bits per heavy atom. The summed E-state index contributed by atoms with van der Waals surface area (Å²) in [5.74, 6) is 0.520. The van der Waals surface area contributed by atoms with Gasteiger partial charge in [0.25, 0.3) is 5.91 Å². The molecule has 0 aliphatic rings. The van der Waals surface area contributed by atoms with E-state index in [0.29, 0.717) is 13.2 Å². The number of carbonyl (C=O) groups excluding carboxylic acids is 1. The Labute approximate surface area is 136 Å². The first-order valence-electron chi connectivity index (χ1n) is 7.49. The Bertz CT molecular complexity index is 613. The van der Waals surface area contributed by atoms with E-state index in [4.69, 9.17) is 15.2 Å². The molecule has 0 aromatic heterocycles. The average molecular weight is 314 g/mol. The fourth-order valence-corrected chi connectivity index (χ4v) is 2.13. The summed E-state index contributed by atoms with van der Waals surface area (Å²) in [7, 11) is 1.47. The molecule has 0 aliphatic carbocycles. The first-order valence-corrected chi connectivity index (χ1v) is 7.49. The number of ether oxygens (including phenoxy) is 2. The Balaban J connectivity index is 1.96. The van der Waals surface area contributed by atoms with Gasteiger partial charge in [-0.1, -0.05) is 48.5 Å². The number of benzene rings is 2. The van der Waals surface area contributed by atoms with Crippen LogP contribution in [0.1, 0.15) is 11.1 Å². The van der Waals surface area contributed by atoms with Crippen LogP contribution in [0.15, 0.2) is 54.6 Å². The fraction of sp³-hybridized carbons (Fsp3) is 0.278. The number of hydrogen-bond donors (Lipinski definition) is 2. The van der Waals surface area contributed by atoms with Crippen LogP contribution in [-0.2, 0) is 22.7 Å². The van der Waals surface area contributed by atoms with Gasteiger partial charge in [0.15, 0.2) is 0 Å². The molecule has 0 spiro atoms. The third-order valence-corrected chi connectivity index (χ3v) is 3.45. The summed E-state index contributed by atoms with van der Waals surface area (Å²) in [5.41, 5.74) is 7.48. The van der Waals surface area contributed by atoms with E-state index in [1.54, 1.807) is 0 Å². The minimum absolute atomic E-state index is 0.147. The maximum atomic E-state index is 11.9. The summed E-state index contributed by atoms with van der Waals surface area (Å²) >= 11 is 0. The quantitative estimate of drug-likeness (QED) is 0.780. The van der Waals surface area contributed by atoms with E-state index in [0.717, 1.165) is 16.9 Å². The van der Waals surface area contributed by atoms with Crippen LogP contribution in [0.5, 0.6) is 5.75 Å². The first kappa shape index (κ1) is 17.0. The molecule has 2 aromatic carbocycles. The van der Waals surface area contributed by atoms with Crippen molar-refractivity contribution in [1.29, 1.82) is 0 Å². The van der Waals surface area contributed by atoms with Gasteiger partial charge in [-0.15, -0.1) is 0 Å². The number of methoxy groups -OCH3 is 1. The zero-order valence-electron chi connectivity index (χ0n) is 13.2. The molecule has 2 aromatic rings. The smallest absolute Gasteiger partial charge is 0.250 e. The molecular weight excluding hydrogens is 292 g/mol. The normalized spacial score (nSPS) is 11.7. The van der Waals surface area contributed by atoms with Crippen LogP contribution in [0.25, 0.3) is 0 Å². The van der Waals surface area contributed by atoms with Gasteiger partial charge in [0.2, 0.25) is 0 Å². The van der Waals surface area contributed by atoms with Gasteiger partial charge < -0.3 is 20.5 Å². The van der Waals surface area contributed by atoms with E-state index in [1.807, 2.05) is 54.6 Å². The van der Waals surface area contributed by atoms with Crippen LogP contribution >= 0.6 is 0 Å². The molecule has 0 saturated carbocycles. The number of carbonyl (C=O) groups is 1. The molecule has 0 aliphatic heterocycles. The molecule has 5 heteroatoms. The van der Waals surface area contributed by atoms with Gasteiger partial charge in [-0.3, -0.25) is 4.79 Å². The van der Waals surface area contributed by atoms with Crippen LogP contribution in [0, 0.1) is 0 Å². The largest absolute Gasteiger partial charge is 0.489 e. The molecule has 0 heterocycles. The first-order chi connectivity index (χ1) is 11.2. The Kier molecular flexibility index (Phi) is 6.59. The third kappa shape index (κ3) is 5.09. The summed E-state index contributed by atoms with van der Waals surface area (Å²) < 4.78 is 10.9. The van der Waals surface area contributed by atoms with E-state index in [9.17, 15) is 4.79 Å². The van der Waals surface area contributed by atoms with Gasteiger partial charge in [-0.05, 0) is 11.6 Å². The predicted octanol–water partition coefficient (Wildman–Crippen LogP) is 1.86. The topological polar surface area (TPSA) is 73.6 Å². The van der Waals surface area contributed by atoms with Crippen molar-refractivity contribution in [3.63, 3.8) is 0 Å². The third-order valence-electron chi connectivity index (χ3n) is 3.45. The molecule has 3 N–H and O–H groups in total. The standard InChI is InChI=1S/C18H22N2O3/c1-22-17(11-19)18(21)20-12-15-9-5-6-10-16(15)23-13-14-7-3-2-4-8-14/h2-10,17H,11-13,19H2,1H3,(H,20,21). The number of rotatable bonds is 8. The van der Waals surface area contributed by atoms with Gasteiger partial charge in [0, 0.05) is 25.8 Å². The van der Waals surface area contributed by atoms with Gasteiger partial charge in [-0.25, -0.2) is 0 Å².